The molecule has 0 aliphatic carbocycles. The Morgan fingerprint density at radius 3 is 2.40 bits per heavy atom. The minimum atomic E-state index is 0.952. The highest BCUT2D eigenvalue weighted by atomic mass is 16.6. The van der Waals surface area contributed by atoms with Crippen molar-refractivity contribution in [3.05, 3.63) is 23.3 Å². The monoisotopic (exact) mass is 209 g/mol. The maximum Gasteiger partial charge on any atom is 0.106 e. The van der Waals surface area contributed by atoms with Crippen LogP contribution in [0.4, 0.5) is 0 Å². The Hall–Kier alpha value is -1.05. The van der Waals surface area contributed by atoms with Gasteiger partial charge in [0, 0.05) is 6.21 Å². The van der Waals surface area contributed by atoms with Gasteiger partial charge in [-0.3, -0.25) is 0 Å². The van der Waals surface area contributed by atoms with Gasteiger partial charge in [0.25, 0.3) is 0 Å². The third kappa shape index (κ3) is 10.9. The highest BCUT2D eigenvalue weighted by molar-refractivity contribution is 5.56. The summed E-state index contributed by atoms with van der Waals surface area (Å²) in [5, 5.41) is 3.69. The molecule has 15 heavy (non-hydrogen) atoms. The summed E-state index contributed by atoms with van der Waals surface area (Å²) in [7, 11) is 1.57. The normalized spacial score (nSPS) is 11.9. The molecule has 0 aromatic heterocycles. The van der Waals surface area contributed by atoms with Gasteiger partial charge in [0.1, 0.15) is 7.11 Å². The Kier molecular flexibility index (Phi) is 8.84. The molecule has 0 atom stereocenters. The summed E-state index contributed by atoms with van der Waals surface area (Å²) in [6, 6.07) is 0. The zero-order valence-corrected chi connectivity index (χ0v) is 10.4. The van der Waals surface area contributed by atoms with E-state index in [0.29, 0.717) is 0 Å². The van der Waals surface area contributed by atoms with Crippen LogP contribution in [0.2, 0.25) is 0 Å². The van der Waals surface area contributed by atoms with Gasteiger partial charge in [-0.05, 0) is 46.5 Å². The van der Waals surface area contributed by atoms with E-state index in [-0.39, 0.29) is 0 Å². The zero-order valence-electron chi connectivity index (χ0n) is 10.4. The van der Waals surface area contributed by atoms with Gasteiger partial charge in [-0.25, -0.2) is 0 Å². The first-order valence-corrected chi connectivity index (χ1v) is 5.50. The van der Waals surface area contributed by atoms with E-state index in [1.54, 1.807) is 13.3 Å². The smallest absolute Gasteiger partial charge is 0.106 e. The summed E-state index contributed by atoms with van der Waals surface area (Å²) in [6.45, 7) is 6.47. The summed E-state index contributed by atoms with van der Waals surface area (Å²) in [6.07, 6.45) is 10.7. The quantitative estimate of drug-likeness (QED) is 0.268. The second kappa shape index (κ2) is 9.50. The molecule has 0 aliphatic heterocycles. The summed E-state index contributed by atoms with van der Waals surface area (Å²) in [5.41, 5.74) is 2.85. The lowest BCUT2D eigenvalue weighted by Crippen LogP contribution is -1.80. The first kappa shape index (κ1) is 13.9. The predicted molar refractivity (Wildman–Crippen MR) is 67.2 cm³/mol. The van der Waals surface area contributed by atoms with Crippen LogP contribution < -0.4 is 0 Å². The molecule has 0 saturated heterocycles. The molecule has 0 unspecified atom stereocenters. The molecule has 2 heteroatoms. The van der Waals surface area contributed by atoms with Crippen LogP contribution in [0.3, 0.4) is 0 Å². The first-order valence-electron chi connectivity index (χ1n) is 5.50. The van der Waals surface area contributed by atoms with E-state index in [9.17, 15) is 0 Å². The fourth-order valence-electron chi connectivity index (χ4n) is 1.22. The number of rotatable bonds is 7. The molecule has 0 fully saturated rings. The van der Waals surface area contributed by atoms with E-state index in [2.05, 4.69) is 42.9 Å². The van der Waals surface area contributed by atoms with Gasteiger partial charge < -0.3 is 4.84 Å². The van der Waals surface area contributed by atoms with Crippen molar-refractivity contribution in [2.24, 2.45) is 5.16 Å². The van der Waals surface area contributed by atoms with Gasteiger partial charge in [-0.15, -0.1) is 0 Å². The lowest BCUT2D eigenvalue weighted by atomic mass is 10.1. The molecule has 0 radical (unpaired) electrons. The Morgan fingerprint density at radius 2 is 1.80 bits per heavy atom. The Balaban J connectivity index is 3.61. The van der Waals surface area contributed by atoms with Crippen LogP contribution in [0.15, 0.2) is 28.5 Å². The van der Waals surface area contributed by atoms with Crippen molar-refractivity contribution >= 4 is 6.21 Å². The van der Waals surface area contributed by atoms with Gasteiger partial charge in [0.2, 0.25) is 0 Å². The number of unbranched alkanes of at least 4 members (excludes halogenated alkanes) is 1. The predicted octanol–water partition coefficient (Wildman–Crippen LogP) is 4.09. The van der Waals surface area contributed by atoms with Gasteiger partial charge in [-0.2, -0.15) is 0 Å². The Bertz CT molecular complexity index is 235. The van der Waals surface area contributed by atoms with Gasteiger partial charge >= 0.3 is 0 Å². The Labute approximate surface area is 93.7 Å². The van der Waals surface area contributed by atoms with Crippen molar-refractivity contribution in [2.45, 2.75) is 46.5 Å². The molecule has 86 valence electrons. The standard InChI is InChI=1S/C13H23NO/c1-12(2)8-7-10-13(3)9-5-6-11-14-15-4/h8-9,11H,5-7,10H2,1-4H3. The van der Waals surface area contributed by atoms with Crippen LogP contribution in [0.5, 0.6) is 0 Å². The molecule has 0 aliphatic rings. The molecule has 0 heterocycles. The van der Waals surface area contributed by atoms with E-state index in [4.69, 9.17) is 0 Å². The van der Waals surface area contributed by atoms with Crippen molar-refractivity contribution in [3.8, 4) is 0 Å². The molecule has 2 nitrogen and oxygen atoms in total. The van der Waals surface area contributed by atoms with Crippen molar-refractivity contribution in [1.82, 2.24) is 0 Å². The Morgan fingerprint density at radius 1 is 1.07 bits per heavy atom. The average Bonchev–Trinajstić information content (AvgIpc) is 2.17. The van der Waals surface area contributed by atoms with Crippen molar-refractivity contribution in [2.75, 3.05) is 7.11 Å². The van der Waals surface area contributed by atoms with Crippen LogP contribution in [0.1, 0.15) is 46.5 Å². The molecule has 0 saturated carbocycles. The van der Waals surface area contributed by atoms with Crippen LogP contribution in [0, 0.1) is 0 Å². The van der Waals surface area contributed by atoms with E-state index in [1.807, 2.05) is 0 Å². The highest BCUT2D eigenvalue weighted by Crippen LogP contribution is 2.07. The number of allylic oxidation sites excluding steroid dienone is 4. The van der Waals surface area contributed by atoms with E-state index >= 15 is 0 Å². The molecular formula is C13H23NO. The van der Waals surface area contributed by atoms with Gasteiger partial charge in [-0.1, -0.05) is 28.5 Å². The summed E-state index contributed by atoms with van der Waals surface area (Å²) in [5.74, 6) is 0. The number of hydrogen-bond acceptors (Lipinski definition) is 2. The van der Waals surface area contributed by atoms with E-state index in [0.717, 1.165) is 25.7 Å². The lowest BCUT2D eigenvalue weighted by molar-refractivity contribution is 0.214. The van der Waals surface area contributed by atoms with Crippen LogP contribution in [0.25, 0.3) is 0 Å². The van der Waals surface area contributed by atoms with Crippen LogP contribution in [-0.2, 0) is 4.84 Å². The van der Waals surface area contributed by atoms with E-state index in [1.165, 1.54) is 11.1 Å². The molecule has 0 aromatic carbocycles. The molecule has 0 spiro atoms. The fraction of sp³-hybridized carbons (Fsp3) is 0.615. The summed E-state index contributed by atoms with van der Waals surface area (Å²) in [4.78, 5) is 4.58. The second-order valence-electron chi connectivity index (χ2n) is 3.92. The van der Waals surface area contributed by atoms with Crippen molar-refractivity contribution < 1.29 is 4.84 Å². The first-order chi connectivity index (χ1) is 7.16. The van der Waals surface area contributed by atoms with Crippen molar-refractivity contribution in [1.29, 1.82) is 0 Å². The molecule has 0 amide bonds. The molecule has 0 bridgehead atoms. The summed E-state index contributed by atoms with van der Waals surface area (Å²) >= 11 is 0. The van der Waals surface area contributed by atoms with Crippen LogP contribution >= 0.6 is 0 Å². The largest absolute Gasteiger partial charge is 0.399 e. The maximum absolute atomic E-state index is 4.58. The molecule has 0 aromatic rings. The number of hydrogen-bond donors (Lipinski definition) is 0. The maximum atomic E-state index is 4.58. The molecule has 0 rings (SSSR count). The minimum Gasteiger partial charge on any atom is -0.399 e. The second-order valence-corrected chi connectivity index (χ2v) is 3.92. The van der Waals surface area contributed by atoms with Crippen molar-refractivity contribution in [3.63, 3.8) is 0 Å². The van der Waals surface area contributed by atoms with E-state index < -0.39 is 0 Å². The zero-order chi connectivity index (χ0) is 11.5. The van der Waals surface area contributed by atoms with Gasteiger partial charge in [0.05, 0.1) is 0 Å². The van der Waals surface area contributed by atoms with Crippen LogP contribution in [-0.4, -0.2) is 13.3 Å². The summed E-state index contributed by atoms with van der Waals surface area (Å²) < 4.78 is 0. The molecule has 0 N–H and O–H groups in total. The highest BCUT2D eigenvalue weighted by Gasteiger charge is 1.88. The minimum absolute atomic E-state index is 0.952. The number of nitrogens with zero attached hydrogens (tertiary/aromatic N) is 1. The van der Waals surface area contributed by atoms with Gasteiger partial charge in [0.15, 0.2) is 0 Å². The average molecular weight is 209 g/mol. The third-order valence-electron chi connectivity index (χ3n) is 2.06. The third-order valence-corrected chi connectivity index (χ3v) is 2.06. The topological polar surface area (TPSA) is 21.6 Å². The number of oxime groups is 1. The lowest BCUT2D eigenvalue weighted by Gasteiger charge is -1.98. The fourth-order valence-corrected chi connectivity index (χ4v) is 1.22. The SMILES string of the molecule is CON=CCCC=C(C)CCC=C(C)C. The molecular weight excluding hydrogens is 186 g/mol.